The van der Waals surface area contributed by atoms with Crippen molar-refractivity contribution in [3.63, 3.8) is 0 Å². The van der Waals surface area contributed by atoms with Crippen molar-refractivity contribution in [2.24, 2.45) is 11.3 Å². The van der Waals surface area contributed by atoms with E-state index in [-0.39, 0.29) is 48.9 Å². The number of nitrogens with one attached hydrogen (secondary N) is 2. The molecule has 1 aliphatic carbocycles. The van der Waals surface area contributed by atoms with E-state index in [0.717, 1.165) is 99.4 Å². The summed E-state index contributed by atoms with van der Waals surface area (Å²) in [7, 11) is 0. The third kappa shape index (κ3) is 10.4. The SMILES string of the molecule is Cc1ncsc1-c1ccc(CNC(=O)[C@@H]2C[C@@H](O)CN2C(=O)[C@@H](NC(=O)[C@H]2CC[C@@H](N3CCC(c4ccc(N5C6CCC5CN(c5cc(-c7ccccc7O)nnc5N)C6)cc4)CC3)CC2)C(C)(C)C)nc1. The fourth-order valence-electron chi connectivity index (χ4n) is 12.1. The molecule has 0 radical (unpaired) electrons. The smallest absolute Gasteiger partial charge is 0.246 e. The maximum absolute atomic E-state index is 14.3. The summed E-state index contributed by atoms with van der Waals surface area (Å²) in [5.41, 5.74) is 15.0. The van der Waals surface area contributed by atoms with Crippen LogP contribution in [0.1, 0.15) is 101 Å². The molecule has 6 N–H and O–H groups in total. The maximum atomic E-state index is 14.3. The normalized spacial score (nSPS) is 24.3. The highest BCUT2D eigenvalue weighted by Crippen LogP contribution is 2.41. The maximum Gasteiger partial charge on any atom is 0.246 e. The number of aliphatic hydroxyl groups excluding tert-OH is 1. The van der Waals surface area contributed by atoms with Gasteiger partial charge in [0, 0.05) is 73.1 Å². The molecular weight excluding hydrogens is 927 g/mol. The number of aromatic hydroxyl groups is 1. The molecule has 17 heteroatoms. The summed E-state index contributed by atoms with van der Waals surface area (Å²) in [6.07, 6.45) is 8.89. The van der Waals surface area contributed by atoms with Crippen LogP contribution in [0.5, 0.6) is 5.75 Å². The van der Waals surface area contributed by atoms with Gasteiger partial charge in [-0.15, -0.1) is 21.5 Å². The second-order valence-electron chi connectivity index (χ2n) is 21.8. The summed E-state index contributed by atoms with van der Waals surface area (Å²) in [5, 5.41) is 35.8. The van der Waals surface area contributed by atoms with Gasteiger partial charge in [-0.1, -0.05) is 51.1 Å². The first-order chi connectivity index (χ1) is 34.7. The Morgan fingerprint density at radius 1 is 0.847 bits per heavy atom. The van der Waals surface area contributed by atoms with Crippen LogP contribution in [0, 0.1) is 18.3 Å². The minimum atomic E-state index is -0.860. The number of aliphatic hydroxyl groups is 1. The number of rotatable bonds is 12. The van der Waals surface area contributed by atoms with Gasteiger partial charge in [0.1, 0.15) is 17.8 Å². The zero-order valence-electron chi connectivity index (χ0n) is 41.9. The average Bonchev–Trinajstić information content (AvgIpc) is 4.08. The van der Waals surface area contributed by atoms with Gasteiger partial charge >= 0.3 is 0 Å². The number of hydrogen-bond donors (Lipinski definition) is 5. The number of carbonyl (C=O) groups is 3. The van der Waals surface area contributed by atoms with E-state index >= 15 is 0 Å². The number of para-hydroxylation sites is 1. The zero-order valence-corrected chi connectivity index (χ0v) is 42.7. The fraction of sp³-hybridized carbons (Fsp3) is 0.509. The Labute approximate surface area is 426 Å². The van der Waals surface area contributed by atoms with Gasteiger partial charge in [0.15, 0.2) is 5.82 Å². The molecule has 72 heavy (non-hydrogen) atoms. The number of piperazine rings is 1. The number of phenolic OH excluding ortho intramolecular Hbond substituents is 1. The van der Waals surface area contributed by atoms with Crippen molar-refractivity contribution in [1.29, 1.82) is 0 Å². The number of aromatic nitrogens is 4. The van der Waals surface area contributed by atoms with Gasteiger partial charge in [0.25, 0.3) is 0 Å². The molecule has 2 bridgehead atoms. The first-order valence-electron chi connectivity index (χ1n) is 25.9. The number of hydrogen-bond acceptors (Lipinski definition) is 14. The molecule has 3 amide bonds. The van der Waals surface area contributed by atoms with Crippen molar-refractivity contribution in [2.45, 2.75) is 134 Å². The molecule has 0 spiro atoms. The number of phenols is 1. The van der Waals surface area contributed by atoms with Gasteiger partial charge in [-0.3, -0.25) is 19.4 Å². The van der Waals surface area contributed by atoms with Crippen LogP contribution in [-0.4, -0.2) is 127 Å². The molecule has 1 saturated carbocycles. The molecule has 16 nitrogen and oxygen atoms in total. The molecular formula is C55H69N11O5S. The summed E-state index contributed by atoms with van der Waals surface area (Å²) in [6.45, 7) is 11.7. The lowest BCUT2D eigenvalue weighted by Crippen LogP contribution is -2.58. The van der Waals surface area contributed by atoms with Crippen molar-refractivity contribution >= 4 is 46.3 Å². The van der Waals surface area contributed by atoms with Crippen LogP contribution in [-0.2, 0) is 20.9 Å². The van der Waals surface area contributed by atoms with Gasteiger partial charge in [-0.2, -0.15) is 0 Å². The molecule has 2 unspecified atom stereocenters. The summed E-state index contributed by atoms with van der Waals surface area (Å²) in [6, 6.07) is 21.7. The third-order valence-electron chi connectivity index (χ3n) is 16.1. The average molecular weight is 996 g/mol. The van der Waals surface area contributed by atoms with E-state index in [1.165, 1.54) is 16.2 Å². The number of thiazole rings is 1. The summed E-state index contributed by atoms with van der Waals surface area (Å²) in [5.74, 6) is 0.0759. The van der Waals surface area contributed by atoms with Gasteiger partial charge < -0.3 is 46.2 Å². The van der Waals surface area contributed by atoms with Crippen molar-refractivity contribution < 1.29 is 24.6 Å². The van der Waals surface area contributed by atoms with Gasteiger partial charge in [-0.05, 0) is 125 Å². The highest BCUT2D eigenvalue weighted by atomic mass is 32.1. The number of likely N-dealkylation sites (tertiary alicyclic amines) is 2. The molecule has 3 aromatic heterocycles. The minimum absolute atomic E-state index is 0.0285. The zero-order chi connectivity index (χ0) is 50.3. The quantitative estimate of drug-likeness (QED) is 0.0888. The van der Waals surface area contributed by atoms with Gasteiger partial charge in [0.05, 0.1) is 45.8 Å². The van der Waals surface area contributed by atoms with E-state index in [9.17, 15) is 24.6 Å². The lowest BCUT2D eigenvalue weighted by molar-refractivity contribution is -0.144. The predicted octanol–water partition coefficient (Wildman–Crippen LogP) is 6.66. The summed E-state index contributed by atoms with van der Waals surface area (Å²) >= 11 is 1.55. The molecule has 10 rings (SSSR count). The number of nitrogens with two attached hydrogens (primary N) is 1. The van der Waals surface area contributed by atoms with E-state index in [4.69, 9.17) is 5.73 Å². The number of amides is 3. The second kappa shape index (κ2) is 20.7. The van der Waals surface area contributed by atoms with Crippen LogP contribution in [0.3, 0.4) is 0 Å². The molecule has 5 fully saturated rings. The van der Waals surface area contributed by atoms with Crippen molar-refractivity contribution in [3.8, 4) is 27.4 Å². The van der Waals surface area contributed by atoms with Gasteiger partial charge in [-0.25, -0.2) is 4.98 Å². The Morgan fingerprint density at radius 3 is 2.21 bits per heavy atom. The fourth-order valence-corrected chi connectivity index (χ4v) is 12.9. The van der Waals surface area contributed by atoms with Gasteiger partial charge in [0.2, 0.25) is 17.7 Å². The Bertz CT molecular complexity index is 2720. The molecule has 7 heterocycles. The number of aryl methyl sites for hydroxylation is 1. The number of benzene rings is 2. The summed E-state index contributed by atoms with van der Waals surface area (Å²) in [4.78, 5) is 60.8. The van der Waals surface area contributed by atoms with Crippen molar-refractivity contribution in [3.05, 3.63) is 95.4 Å². The van der Waals surface area contributed by atoms with Crippen LogP contribution in [0.4, 0.5) is 17.2 Å². The monoisotopic (exact) mass is 996 g/mol. The largest absolute Gasteiger partial charge is 0.507 e. The van der Waals surface area contributed by atoms with E-state index in [1.54, 1.807) is 35.2 Å². The molecule has 5 atom stereocenters. The van der Waals surface area contributed by atoms with Crippen LogP contribution in [0.2, 0.25) is 0 Å². The number of piperidine rings is 1. The number of fused-ring (bicyclic) bond motifs is 2. The molecule has 5 aliphatic rings. The van der Waals surface area contributed by atoms with Crippen molar-refractivity contribution in [1.82, 2.24) is 40.6 Å². The van der Waals surface area contributed by atoms with Crippen LogP contribution >= 0.6 is 11.3 Å². The number of pyridine rings is 1. The van der Waals surface area contributed by atoms with E-state index < -0.39 is 23.6 Å². The van der Waals surface area contributed by atoms with E-state index in [1.807, 2.05) is 58.0 Å². The number of nitrogens with zero attached hydrogens (tertiary/aromatic N) is 8. The van der Waals surface area contributed by atoms with E-state index in [0.29, 0.717) is 46.8 Å². The number of anilines is 3. The van der Waals surface area contributed by atoms with Crippen LogP contribution in [0.25, 0.3) is 21.7 Å². The Morgan fingerprint density at radius 2 is 1.56 bits per heavy atom. The number of β-amino-alcohol motifs (C(OH)–C–C–N with tert-alkyl or cyclic N) is 1. The second-order valence-corrected chi connectivity index (χ2v) is 22.7. The summed E-state index contributed by atoms with van der Waals surface area (Å²) < 4.78 is 0. The Kier molecular flexibility index (Phi) is 14.2. The Hall–Kier alpha value is -6.17. The first-order valence-corrected chi connectivity index (χ1v) is 26.8. The third-order valence-corrected chi connectivity index (χ3v) is 17.1. The molecule has 4 aliphatic heterocycles. The highest BCUT2D eigenvalue weighted by Gasteiger charge is 2.46. The molecule has 380 valence electrons. The lowest BCUT2D eigenvalue weighted by atomic mass is 9.81. The molecule has 4 saturated heterocycles. The highest BCUT2D eigenvalue weighted by molar-refractivity contribution is 7.13. The lowest BCUT2D eigenvalue weighted by Gasteiger charge is -2.44. The van der Waals surface area contributed by atoms with Crippen LogP contribution < -0.4 is 26.2 Å². The topological polar surface area (TPSA) is 206 Å². The number of carbonyl (C=O) groups excluding carboxylic acids is 3. The first kappa shape index (κ1) is 49.4. The predicted molar refractivity (Wildman–Crippen MR) is 280 cm³/mol. The molecule has 2 aromatic carbocycles. The Balaban J connectivity index is 0.686. The van der Waals surface area contributed by atoms with Crippen LogP contribution in [0.15, 0.2) is 78.4 Å². The number of nitrogen functional groups attached to an aromatic ring is 1. The van der Waals surface area contributed by atoms with Crippen molar-refractivity contribution in [2.75, 3.05) is 48.3 Å². The van der Waals surface area contributed by atoms with E-state index in [2.05, 4.69) is 69.8 Å². The minimum Gasteiger partial charge on any atom is -0.507 e. The standard InChI is InChI=1S/C55H69N11O5S/c1-33-49(72-32-59-33)37-9-14-38(57-27-37)28-58-53(70)47-25-43(67)31-65(47)54(71)50(55(2,3)4)60-52(69)36-12-15-39(16-13-36)63-23-21-35(22-24-63)34-10-17-40(18-11-34)66-41-19-20-42(66)30-64(29-41)46-26-45(61-62-51(46)56)44-7-5-6-8-48(44)68/h5-11,14,17-18,26-27,32,35-36,39,41-43,47,50,67-68H,12-13,15-16,19-25,28-31H2,1-4H3,(H2,56,62)(H,58,70)(H,60,69)/t36-,39+,41?,42?,43-,47+,50-/m1/s1. The molecule has 5 aromatic rings.